The maximum Gasteiger partial charge on any atom is 0.319 e. The second-order valence-corrected chi connectivity index (χ2v) is 10.1. The highest BCUT2D eigenvalue weighted by atomic mass is 35.5. The van der Waals surface area contributed by atoms with Crippen molar-refractivity contribution >= 4 is 40.6 Å². The minimum absolute atomic E-state index is 0.120. The van der Waals surface area contributed by atoms with Gasteiger partial charge in [0.05, 0.1) is 28.5 Å². The van der Waals surface area contributed by atoms with Crippen molar-refractivity contribution in [1.82, 2.24) is 0 Å². The van der Waals surface area contributed by atoms with Crippen LogP contribution in [0.25, 0.3) is 5.57 Å². The van der Waals surface area contributed by atoms with Gasteiger partial charge in [-0.05, 0) is 54.0 Å². The molecule has 1 saturated heterocycles. The van der Waals surface area contributed by atoms with E-state index in [1.54, 1.807) is 30.3 Å². The Kier molecular flexibility index (Phi) is 4.75. The Bertz CT molecular complexity index is 1560. The lowest BCUT2D eigenvalue weighted by molar-refractivity contribution is -0.142. The fourth-order valence-electron chi connectivity index (χ4n) is 5.98. The first-order chi connectivity index (χ1) is 17.9. The summed E-state index contributed by atoms with van der Waals surface area (Å²) in [5.74, 6) is -2.91. The average molecular weight is 514 g/mol. The minimum atomic E-state index is -0.943. The highest BCUT2D eigenvalue weighted by molar-refractivity contribution is 6.36. The van der Waals surface area contributed by atoms with E-state index >= 15 is 0 Å². The van der Waals surface area contributed by atoms with Crippen molar-refractivity contribution in [2.75, 3.05) is 11.7 Å². The van der Waals surface area contributed by atoms with Crippen LogP contribution in [0.5, 0.6) is 17.2 Å². The van der Waals surface area contributed by atoms with Gasteiger partial charge in [0.1, 0.15) is 5.75 Å². The lowest BCUT2D eigenvalue weighted by Crippen LogP contribution is -2.42. The summed E-state index contributed by atoms with van der Waals surface area (Å²) in [6.45, 7) is 2.04. The predicted octanol–water partition coefficient (Wildman–Crippen LogP) is 4.90. The van der Waals surface area contributed by atoms with E-state index in [1.165, 1.54) is 0 Å². The number of hydrogen-bond acceptors (Lipinski definition) is 6. The standard InChI is InChI=1S/C29H20ClNO6/c1-14-6-8-16-18-12-17(15-7-9-21-23(11-15)36-13-35-21)24-26(25(18)29(34)37-22(16)10-14)28(33)31(27(24)32)20-5-3-2-4-19(20)30/h2-12,17,24-26H,13H2,1H3/t17-,24-,25-,26-/m1/s1. The molecule has 7 rings (SSSR count). The van der Waals surface area contributed by atoms with Crippen LogP contribution in [0.4, 0.5) is 5.69 Å². The number of imide groups is 1. The number of esters is 1. The van der Waals surface area contributed by atoms with Gasteiger partial charge in [-0.2, -0.15) is 0 Å². The van der Waals surface area contributed by atoms with Crippen molar-refractivity contribution in [3.63, 3.8) is 0 Å². The zero-order valence-electron chi connectivity index (χ0n) is 19.6. The molecule has 37 heavy (non-hydrogen) atoms. The van der Waals surface area contributed by atoms with Crippen molar-refractivity contribution in [3.8, 4) is 17.2 Å². The summed E-state index contributed by atoms with van der Waals surface area (Å²) in [5.41, 5.74) is 3.48. The molecule has 0 aromatic heterocycles. The number of halogens is 1. The second kappa shape index (κ2) is 7.95. The Hall–Kier alpha value is -4.10. The third-order valence-electron chi connectivity index (χ3n) is 7.63. The summed E-state index contributed by atoms with van der Waals surface area (Å²) in [6, 6.07) is 17.9. The van der Waals surface area contributed by atoms with Gasteiger partial charge in [0, 0.05) is 11.5 Å². The van der Waals surface area contributed by atoms with E-state index in [9.17, 15) is 14.4 Å². The monoisotopic (exact) mass is 513 g/mol. The fraction of sp³-hybridized carbons (Fsp3) is 0.207. The molecule has 3 heterocycles. The molecule has 4 atom stereocenters. The molecule has 184 valence electrons. The lowest BCUT2D eigenvalue weighted by Gasteiger charge is -2.38. The number of allylic oxidation sites excluding steroid dienone is 1. The molecule has 7 nitrogen and oxygen atoms in total. The van der Waals surface area contributed by atoms with Gasteiger partial charge in [-0.1, -0.05) is 48.0 Å². The molecule has 3 aromatic rings. The quantitative estimate of drug-likeness (QED) is 0.275. The Morgan fingerprint density at radius 1 is 0.865 bits per heavy atom. The van der Waals surface area contributed by atoms with E-state index < -0.39 is 41.5 Å². The van der Waals surface area contributed by atoms with Crippen molar-refractivity contribution < 1.29 is 28.6 Å². The predicted molar refractivity (Wildman–Crippen MR) is 135 cm³/mol. The van der Waals surface area contributed by atoms with Crippen LogP contribution in [0.1, 0.15) is 22.6 Å². The Labute approximate surface area is 217 Å². The Morgan fingerprint density at radius 3 is 2.49 bits per heavy atom. The zero-order valence-corrected chi connectivity index (χ0v) is 20.4. The number of rotatable bonds is 2. The number of carbonyl (C=O) groups excluding carboxylic acids is 3. The molecule has 0 unspecified atom stereocenters. The molecule has 0 spiro atoms. The molecule has 0 radical (unpaired) electrons. The van der Waals surface area contributed by atoms with Crippen molar-refractivity contribution in [3.05, 3.63) is 88.5 Å². The van der Waals surface area contributed by atoms with E-state index in [0.717, 1.165) is 21.6 Å². The smallest absolute Gasteiger partial charge is 0.319 e. The van der Waals surface area contributed by atoms with Crippen LogP contribution < -0.4 is 19.1 Å². The third-order valence-corrected chi connectivity index (χ3v) is 7.95. The van der Waals surface area contributed by atoms with E-state index in [4.69, 9.17) is 25.8 Å². The van der Waals surface area contributed by atoms with E-state index in [0.29, 0.717) is 28.5 Å². The molecular weight excluding hydrogens is 494 g/mol. The van der Waals surface area contributed by atoms with Gasteiger partial charge < -0.3 is 14.2 Å². The summed E-state index contributed by atoms with van der Waals surface area (Å²) in [5, 5.41) is 0.280. The zero-order chi connectivity index (χ0) is 25.4. The maximum atomic E-state index is 14.0. The molecule has 3 aromatic carbocycles. The molecule has 0 bridgehead atoms. The number of para-hydroxylation sites is 1. The SMILES string of the molecule is Cc1ccc2c(c1)OC(=O)[C@@H]1C2=C[C@H](c2ccc3c(c2)OCO3)[C@H]2C(=O)N(c3ccccc3Cl)C(=O)[C@@H]12. The number of nitrogens with zero attached hydrogens (tertiary/aromatic N) is 1. The first-order valence-corrected chi connectivity index (χ1v) is 12.4. The minimum Gasteiger partial charge on any atom is -0.454 e. The van der Waals surface area contributed by atoms with E-state index in [2.05, 4.69) is 0 Å². The average Bonchev–Trinajstić information content (AvgIpc) is 3.46. The molecule has 0 saturated carbocycles. The number of amides is 2. The summed E-state index contributed by atoms with van der Waals surface area (Å²) >= 11 is 6.42. The summed E-state index contributed by atoms with van der Waals surface area (Å²) in [6.07, 6.45) is 1.94. The van der Waals surface area contributed by atoms with Gasteiger partial charge >= 0.3 is 5.97 Å². The van der Waals surface area contributed by atoms with Crippen LogP contribution in [0.15, 0.2) is 66.7 Å². The summed E-state index contributed by atoms with van der Waals surface area (Å²) in [7, 11) is 0. The maximum absolute atomic E-state index is 14.0. The summed E-state index contributed by atoms with van der Waals surface area (Å²) < 4.78 is 16.8. The first kappa shape index (κ1) is 22.1. The fourth-order valence-corrected chi connectivity index (χ4v) is 6.21. The molecule has 4 aliphatic rings. The van der Waals surface area contributed by atoms with Crippen LogP contribution in [0.2, 0.25) is 5.02 Å². The van der Waals surface area contributed by atoms with Gasteiger partial charge in [-0.3, -0.25) is 14.4 Å². The highest BCUT2D eigenvalue weighted by Crippen LogP contribution is 2.55. The highest BCUT2D eigenvalue weighted by Gasteiger charge is 2.60. The topological polar surface area (TPSA) is 82.1 Å². The largest absolute Gasteiger partial charge is 0.454 e. The molecular formula is C29H20ClNO6. The number of hydrogen-bond donors (Lipinski definition) is 0. The van der Waals surface area contributed by atoms with Crippen LogP contribution in [-0.2, 0) is 14.4 Å². The molecule has 0 N–H and O–H groups in total. The molecule has 8 heteroatoms. The van der Waals surface area contributed by atoms with Crippen molar-refractivity contribution in [2.24, 2.45) is 17.8 Å². The molecule has 1 fully saturated rings. The second-order valence-electron chi connectivity index (χ2n) is 9.67. The Balaban J connectivity index is 1.44. The first-order valence-electron chi connectivity index (χ1n) is 12.0. The van der Waals surface area contributed by atoms with Crippen LogP contribution in [0.3, 0.4) is 0 Å². The van der Waals surface area contributed by atoms with Crippen molar-refractivity contribution in [2.45, 2.75) is 12.8 Å². The summed E-state index contributed by atoms with van der Waals surface area (Å²) in [4.78, 5) is 42.5. The van der Waals surface area contributed by atoms with Crippen LogP contribution >= 0.6 is 11.6 Å². The van der Waals surface area contributed by atoms with Gasteiger partial charge in [0.25, 0.3) is 0 Å². The van der Waals surface area contributed by atoms with Crippen LogP contribution in [-0.4, -0.2) is 24.6 Å². The lowest BCUT2D eigenvalue weighted by atomic mass is 9.64. The Morgan fingerprint density at radius 2 is 1.65 bits per heavy atom. The molecule has 3 aliphatic heterocycles. The number of ether oxygens (including phenoxy) is 3. The number of carbonyl (C=O) groups is 3. The number of fused-ring (bicyclic) bond motifs is 6. The van der Waals surface area contributed by atoms with Gasteiger partial charge in [-0.15, -0.1) is 0 Å². The van der Waals surface area contributed by atoms with Gasteiger partial charge in [0.2, 0.25) is 18.6 Å². The normalized spacial score (nSPS) is 25.3. The van der Waals surface area contributed by atoms with E-state index in [1.807, 2.05) is 43.3 Å². The van der Waals surface area contributed by atoms with Gasteiger partial charge in [-0.25, -0.2) is 4.90 Å². The number of anilines is 1. The van der Waals surface area contributed by atoms with E-state index in [-0.39, 0.29) is 11.8 Å². The number of benzene rings is 3. The number of aryl methyl sites for hydroxylation is 1. The van der Waals surface area contributed by atoms with Gasteiger partial charge in [0.15, 0.2) is 11.5 Å². The van der Waals surface area contributed by atoms with Crippen molar-refractivity contribution in [1.29, 1.82) is 0 Å². The molecule has 1 aliphatic carbocycles. The van der Waals surface area contributed by atoms with Crippen LogP contribution in [0, 0.1) is 24.7 Å². The third kappa shape index (κ3) is 3.17. The molecule has 2 amide bonds.